The first-order chi connectivity index (χ1) is 10.3. The Labute approximate surface area is 139 Å². The molecule has 3 heteroatoms. The van der Waals surface area contributed by atoms with Gasteiger partial charge in [-0.25, -0.2) is 0 Å². The highest BCUT2D eigenvalue weighted by atomic mass is 33.1. The lowest BCUT2D eigenvalue weighted by Gasteiger charge is -1.99. The first-order valence-electron chi connectivity index (χ1n) is 6.53. The van der Waals surface area contributed by atoms with Gasteiger partial charge >= 0.3 is 0 Å². The van der Waals surface area contributed by atoms with E-state index in [4.69, 9.17) is 0 Å². The molecule has 0 fully saturated rings. The van der Waals surface area contributed by atoms with Gasteiger partial charge in [0, 0.05) is 14.7 Å². The lowest BCUT2D eigenvalue weighted by atomic mass is 10.4. The van der Waals surface area contributed by atoms with Crippen molar-refractivity contribution in [2.75, 3.05) is 0 Å². The van der Waals surface area contributed by atoms with E-state index in [1.54, 1.807) is 21.6 Å². The maximum absolute atomic E-state index is 4.08. The highest BCUT2D eigenvalue weighted by Crippen LogP contribution is 2.36. The van der Waals surface area contributed by atoms with Gasteiger partial charge in [-0.2, -0.15) is 0 Å². The summed E-state index contributed by atoms with van der Waals surface area (Å²) in [4.78, 5) is 3.60. The van der Waals surface area contributed by atoms with Gasteiger partial charge in [0.25, 0.3) is 0 Å². The highest BCUT2D eigenvalue weighted by molar-refractivity contribution is 8.76. The fraction of sp³-hybridized carbons (Fsp3) is 0. The van der Waals surface area contributed by atoms with Crippen molar-refractivity contribution in [3.05, 3.63) is 91.0 Å². The quantitative estimate of drug-likeness (QED) is 0.433. The second-order valence-corrected chi connectivity index (χ2v) is 6.92. The van der Waals surface area contributed by atoms with Crippen LogP contribution in [0.25, 0.3) is 0 Å². The number of benzene rings is 3. The number of rotatable bonds is 3. The van der Waals surface area contributed by atoms with Crippen molar-refractivity contribution in [1.82, 2.24) is 0 Å². The van der Waals surface area contributed by atoms with Gasteiger partial charge in [-0.15, -0.1) is 12.6 Å². The Balaban J connectivity index is 0.000000194. The molecule has 0 aliphatic rings. The predicted octanol–water partition coefficient (Wildman–Crippen LogP) is 6.46. The molecule has 0 aliphatic heterocycles. The Kier molecular flexibility index (Phi) is 7.36. The average Bonchev–Trinajstić information content (AvgIpc) is 2.56. The average molecular weight is 329 g/mol. The van der Waals surface area contributed by atoms with E-state index in [0.717, 1.165) is 4.90 Å². The second-order valence-electron chi connectivity index (χ2n) is 4.13. The zero-order valence-corrected chi connectivity index (χ0v) is 14.0. The van der Waals surface area contributed by atoms with Crippen LogP contribution in [0.15, 0.2) is 106 Å². The maximum atomic E-state index is 4.08. The molecule has 0 aromatic heterocycles. The van der Waals surface area contributed by atoms with Gasteiger partial charge in [-0.05, 0) is 36.4 Å². The van der Waals surface area contributed by atoms with E-state index in [1.807, 2.05) is 42.5 Å². The van der Waals surface area contributed by atoms with Crippen LogP contribution in [0.2, 0.25) is 0 Å². The topological polar surface area (TPSA) is 0 Å². The molecular formula is C18H16S3. The first-order valence-corrected chi connectivity index (χ1v) is 9.13. The van der Waals surface area contributed by atoms with Crippen molar-refractivity contribution in [2.24, 2.45) is 0 Å². The second kappa shape index (κ2) is 9.61. The van der Waals surface area contributed by atoms with E-state index < -0.39 is 0 Å². The SMILES string of the molecule is Sc1ccccc1.c1ccc(SSc2ccccc2)cc1. The molecule has 3 aromatic rings. The van der Waals surface area contributed by atoms with Crippen LogP contribution in [-0.4, -0.2) is 0 Å². The van der Waals surface area contributed by atoms with Gasteiger partial charge in [0.05, 0.1) is 0 Å². The minimum atomic E-state index is 1.02. The van der Waals surface area contributed by atoms with Crippen molar-refractivity contribution in [3.8, 4) is 0 Å². The monoisotopic (exact) mass is 328 g/mol. The van der Waals surface area contributed by atoms with Gasteiger partial charge < -0.3 is 0 Å². The molecule has 0 N–H and O–H groups in total. The van der Waals surface area contributed by atoms with Crippen molar-refractivity contribution in [2.45, 2.75) is 14.7 Å². The van der Waals surface area contributed by atoms with Crippen LogP contribution >= 0.6 is 34.2 Å². The van der Waals surface area contributed by atoms with Gasteiger partial charge in [0.1, 0.15) is 0 Å². The van der Waals surface area contributed by atoms with Crippen molar-refractivity contribution < 1.29 is 0 Å². The Morgan fingerprint density at radius 3 is 1.10 bits per heavy atom. The number of thiol groups is 1. The van der Waals surface area contributed by atoms with Crippen LogP contribution in [0.4, 0.5) is 0 Å². The minimum Gasteiger partial charge on any atom is -0.143 e. The van der Waals surface area contributed by atoms with E-state index in [-0.39, 0.29) is 0 Å². The van der Waals surface area contributed by atoms with Crippen LogP contribution in [0.5, 0.6) is 0 Å². The Bertz CT molecular complexity index is 570. The van der Waals surface area contributed by atoms with Gasteiger partial charge in [-0.1, -0.05) is 76.2 Å². The maximum Gasteiger partial charge on any atom is 0.0186 e. The molecule has 0 saturated carbocycles. The zero-order valence-electron chi connectivity index (χ0n) is 11.4. The van der Waals surface area contributed by atoms with Gasteiger partial charge in [-0.3, -0.25) is 0 Å². The molecule has 21 heavy (non-hydrogen) atoms. The molecule has 3 aromatic carbocycles. The van der Waals surface area contributed by atoms with E-state index >= 15 is 0 Å². The molecule has 106 valence electrons. The summed E-state index contributed by atoms with van der Waals surface area (Å²) in [5.74, 6) is 0. The highest BCUT2D eigenvalue weighted by Gasteiger charge is 1.94. The van der Waals surface area contributed by atoms with E-state index in [1.165, 1.54) is 9.79 Å². The molecule has 0 atom stereocenters. The molecule has 3 rings (SSSR count). The molecule has 0 bridgehead atoms. The lowest BCUT2D eigenvalue weighted by molar-refractivity contribution is 1.47. The van der Waals surface area contributed by atoms with Crippen molar-refractivity contribution >= 4 is 34.2 Å². The summed E-state index contributed by atoms with van der Waals surface area (Å²) in [6, 6.07) is 30.6. The Hall–Kier alpha value is -1.29. The molecule has 0 amide bonds. The minimum absolute atomic E-state index is 1.02. The summed E-state index contributed by atoms with van der Waals surface area (Å²) >= 11 is 4.08. The molecule has 0 aliphatic carbocycles. The zero-order chi connectivity index (χ0) is 14.8. The standard InChI is InChI=1S/C12H10S2.C6H6S/c1-3-7-11(8-4-1)13-14-12-9-5-2-6-10-12;7-6-4-2-1-3-5-6/h1-10H;1-5,7H. The van der Waals surface area contributed by atoms with E-state index in [0.29, 0.717) is 0 Å². The van der Waals surface area contributed by atoms with Crippen LogP contribution in [-0.2, 0) is 0 Å². The normalized spacial score (nSPS) is 9.57. The summed E-state index contributed by atoms with van der Waals surface area (Å²) in [6.07, 6.45) is 0. The predicted molar refractivity (Wildman–Crippen MR) is 98.3 cm³/mol. The smallest absolute Gasteiger partial charge is 0.0186 e. The number of hydrogen-bond acceptors (Lipinski definition) is 3. The van der Waals surface area contributed by atoms with Gasteiger partial charge in [0.2, 0.25) is 0 Å². The summed E-state index contributed by atoms with van der Waals surface area (Å²) < 4.78 is 0. The number of hydrogen-bond donors (Lipinski definition) is 1. The van der Waals surface area contributed by atoms with Crippen LogP contribution in [0, 0.1) is 0 Å². The summed E-state index contributed by atoms with van der Waals surface area (Å²) in [5, 5.41) is 0. The fourth-order valence-electron chi connectivity index (χ4n) is 1.48. The van der Waals surface area contributed by atoms with E-state index in [2.05, 4.69) is 61.2 Å². The molecule has 0 saturated heterocycles. The first kappa shape index (κ1) is 16.1. The fourth-order valence-corrected chi connectivity index (χ4v) is 3.62. The molecular weight excluding hydrogens is 312 g/mol. The third-order valence-corrected chi connectivity index (χ3v) is 5.19. The van der Waals surface area contributed by atoms with Crippen molar-refractivity contribution in [1.29, 1.82) is 0 Å². The van der Waals surface area contributed by atoms with Crippen molar-refractivity contribution in [3.63, 3.8) is 0 Å². The summed E-state index contributed by atoms with van der Waals surface area (Å²) in [5.41, 5.74) is 0. The summed E-state index contributed by atoms with van der Waals surface area (Å²) in [7, 11) is 3.58. The van der Waals surface area contributed by atoms with Crippen LogP contribution in [0.3, 0.4) is 0 Å². The molecule has 0 radical (unpaired) electrons. The van der Waals surface area contributed by atoms with Crippen LogP contribution < -0.4 is 0 Å². The third kappa shape index (κ3) is 6.80. The van der Waals surface area contributed by atoms with Gasteiger partial charge in [0.15, 0.2) is 0 Å². The largest absolute Gasteiger partial charge is 0.143 e. The molecule has 0 spiro atoms. The Morgan fingerprint density at radius 2 is 0.810 bits per heavy atom. The Morgan fingerprint density at radius 1 is 0.476 bits per heavy atom. The third-order valence-electron chi connectivity index (χ3n) is 2.48. The van der Waals surface area contributed by atoms with Crippen LogP contribution in [0.1, 0.15) is 0 Å². The lowest BCUT2D eigenvalue weighted by Crippen LogP contribution is -1.67. The molecule has 0 unspecified atom stereocenters. The summed E-state index contributed by atoms with van der Waals surface area (Å²) in [6.45, 7) is 0. The molecule has 0 heterocycles. The van der Waals surface area contributed by atoms with E-state index in [9.17, 15) is 0 Å². The molecule has 0 nitrogen and oxygen atoms in total.